The van der Waals surface area contributed by atoms with Crippen LogP contribution in [0.1, 0.15) is 17.5 Å². The van der Waals surface area contributed by atoms with Gasteiger partial charge in [0.15, 0.2) is 11.5 Å². The van der Waals surface area contributed by atoms with Crippen LogP contribution in [-0.2, 0) is 21.0 Å². The van der Waals surface area contributed by atoms with Crippen molar-refractivity contribution >= 4 is 52.2 Å². The Morgan fingerprint density at radius 1 is 1.12 bits per heavy atom. The Balaban J connectivity index is 1.90. The lowest BCUT2D eigenvalue weighted by Crippen LogP contribution is -2.45. The number of nitrogens with zero attached hydrogens (tertiary/aromatic N) is 1. The Hall–Kier alpha value is -3.57. The highest BCUT2D eigenvalue weighted by atomic mass is 32.2. The largest absolute Gasteiger partial charge is 0.493 e. The third-order valence-corrected chi connectivity index (χ3v) is 6.13. The van der Waals surface area contributed by atoms with Crippen molar-refractivity contribution < 1.29 is 38.8 Å². The van der Waals surface area contributed by atoms with Crippen LogP contribution in [0.3, 0.4) is 0 Å². The van der Waals surface area contributed by atoms with E-state index in [-0.39, 0.29) is 15.8 Å². The van der Waals surface area contributed by atoms with Gasteiger partial charge < -0.3 is 24.4 Å². The molecule has 0 aromatic heterocycles. The Kier molecular flexibility index (Phi) is 8.13. The number of aliphatic carboxylic acids is 2. The summed E-state index contributed by atoms with van der Waals surface area (Å²) in [7, 11) is 2.94. The maximum atomic E-state index is 12.9. The normalized spacial score (nSPS) is 15.4. The van der Waals surface area contributed by atoms with Crippen molar-refractivity contribution in [3.63, 3.8) is 0 Å². The quantitative estimate of drug-likeness (QED) is 0.368. The number of methoxy groups -OCH3 is 2. The molecule has 1 fully saturated rings. The lowest BCUT2D eigenvalue weighted by Gasteiger charge is -2.21. The zero-order chi connectivity index (χ0) is 24.8. The molecule has 0 saturated carbocycles. The summed E-state index contributed by atoms with van der Waals surface area (Å²) in [6.07, 6.45) is 0.731. The molecule has 11 heteroatoms. The lowest BCUT2D eigenvalue weighted by atomic mass is 10.1. The van der Waals surface area contributed by atoms with Gasteiger partial charge in [0, 0.05) is 0 Å². The summed E-state index contributed by atoms with van der Waals surface area (Å²) >= 11 is 6.05. The van der Waals surface area contributed by atoms with Gasteiger partial charge in [-0.15, -0.1) is 0 Å². The van der Waals surface area contributed by atoms with Gasteiger partial charge in [0.1, 0.15) is 17.0 Å². The number of hydrogen-bond donors (Lipinski definition) is 2. The van der Waals surface area contributed by atoms with Gasteiger partial charge in [0.25, 0.3) is 5.91 Å². The van der Waals surface area contributed by atoms with E-state index >= 15 is 0 Å². The van der Waals surface area contributed by atoms with Crippen molar-refractivity contribution in [2.45, 2.75) is 19.1 Å². The van der Waals surface area contributed by atoms with Gasteiger partial charge in [0.2, 0.25) is 5.75 Å². The van der Waals surface area contributed by atoms with Crippen LogP contribution in [-0.4, -0.2) is 57.5 Å². The van der Waals surface area contributed by atoms with E-state index in [1.165, 1.54) is 20.3 Å². The lowest BCUT2D eigenvalue weighted by molar-refractivity contribution is -0.150. The molecule has 1 aliphatic heterocycles. The summed E-state index contributed by atoms with van der Waals surface area (Å²) in [6.45, 7) is 0.283. The van der Waals surface area contributed by atoms with Crippen LogP contribution < -0.4 is 14.2 Å². The number of benzene rings is 2. The molecule has 0 bridgehead atoms. The number of thiocarbonyl (C=S) groups is 1. The van der Waals surface area contributed by atoms with Crippen molar-refractivity contribution in [3.8, 4) is 17.2 Å². The van der Waals surface area contributed by atoms with Crippen LogP contribution in [0.4, 0.5) is 0 Å². The average molecular weight is 504 g/mol. The molecular formula is C23H21NO8S2. The summed E-state index contributed by atoms with van der Waals surface area (Å²) in [5.41, 5.74) is 1.47. The monoisotopic (exact) mass is 503 g/mol. The number of carboxylic acid groups (broad SMARTS) is 2. The molecule has 34 heavy (non-hydrogen) atoms. The zero-order valence-electron chi connectivity index (χ0n) is 18.2. The predicted octanol–water partition coefficient (Wildman–Crippen LogP) is 3.41. The molecule has 2 aromatic rings. The Morgan fingerprint density at radius 3 is 2.26 bits per heavy atom. The summed E-state index contributed by atoms with van der Waals surface area (Å²) < 4.78 is 16.8. The Morgan fingerprint density at radius 2 is 1.74 bits per heavy atom. The van der Waals surface area contributed by atoms with Crippen LogP contribution in [0, 0.1) is 0 Å². The van der Waals surface area contributed by atoms with E-state index < -0.39 is 30.3 Å². The molecule has 1 atom stereocenters. The van der Waals surface area contributed by atoms with Gasteiger partial charge in [-0.05, 0) is 29.3 Å². The molecule has 2 N–H and O–H groups in total. The fourth-order valence-corrected chi connectivity index (χ4v) is 4.57. The third-order valence-electron chi connectivity index (χ3n) is 4.79. The van der Waals surface area contributed by atoms with E-state index in [2.05, 4.69) is 0 Å². The number of rotatable bonds is 10. The minimum Gasteiger partial charge on any atom is -0.493 e. The molecular weight excluding hydrogens is 482 g/mol. The fraction of sp³-hybridized carbons (Fsp3) is 0.217. The molecule has 3 rings (SSSR count). The molecule has 1 heterocycles. The highest BCUT2D eigenvalue weighted by Gasteiger charge is 2.41. The second-order valence-electron chi connectivity index (χ2n) is 7.03. The minimum atomic E-state index is -1.60. The van der Waals surface area contributed by atoms with Gasteiger partial charge in [-0.3, -0.25) is 14.5 Å². The first-order valence-electron chi connectivity index (χ1n) is 9.89. The first kappa shape index (κ1) is 25.1. The molecule has 1 unspecified atom stereocenters. The van der Waals surface area contributed by atoms with E-state index in [1.807, 2.05) is 30.3 Å². The minimum absolute atomic E-state index is 0.0355. The van der Waals surface area contributed by atoms with Crippen molar-refractivity contribution in [3.05, 3.63) is 58.5 Å². The van der Waals surface area contributed by atoms with Crippen LogP contribution in [0.25, 0.3) is 6.08 Å². The number of ether oxygens (including phenoxy) is 3. The van der Waals surface area contributed by atoms with Gasteiger partial charge in [-0.25, -0.2) is 4.79 Å². The predicted molar refractivity (Wildman–Crippen MR) is 129 cm³/mol. The number of thioether (sulfide) groups is 1. The molecule has 0 aliphatic carbocycles. The van der Waals surface area contributed by atoms with Gasteiger partial charge in [-0.2, -0.15) is 0 Å². The molecule has 2 aromatic carbocycles. The van der Waals surface area contributed by atoms with Gasteiger partial charge >= 0.3 is 11.9 Å². The standard InChI is InChI=1S/C23H21NO8S2/c1-30-16-8-14(9-17(31-2)20(16)32-12-13-6-4-3-5-7-13)10-18-21(27)24(23(33)34-18)15(22(28)29)11-19(25)26/h3-10,15H,11-12H2,1-2H3,(H,25,26)(H,28,29). The van der Waals surface area contributed by atoms with Gasteiger partial charge in [-0.1, -0.05) is 54.3 Å². The van der Waals surface area contributed by atoms with Crippen LogP contribution in [0.2, 0.25) is 0 Å². The summed E-state index contributed by atoms with van der Waals surface area (Å²) in [6, 6.07) is 11.2. The zero-order valence-corrected chi connectivity index (χ0v) is 19.9. The number of carbonyl (C=O) groups is 3. The van der Waals surface area contributed by atoms with Crippen molar-refractivity contribution in [1.82, 2.24) is 4.90 Å². The summed E-state index contributed by atoms with van der Waals surface area (Å²) in [5.74, 6) is -2.39. The van der Waals surface area contributed by atoms with Crippen molar-refractivity contribution in [2.24, 2.45) is 0 Å². The highest BCUT2D eigenvalue weighted by Crippen LogP contribution is 2.41. The van der Waals surface area contributed by atoms with Crippen molar-refractivity contribution in [1.29, 1.82) is 0 Å². The fourth-order valence-electron chi connectivity index (χ4n) is 3.21. The second kappa shape index (κ2) is 11.0. The van der Waals surface area contributed by atoms with E-state index in [0.717, 1.165) is 22.2 Å². The van der Waals surface area contributed by atoms with Crippen LogP contribution >= 0.6 is 24.0 Å². The van der Waals surface area contributed by atoms with Crippen LogP contribution in [0.5, 0.6) is 17.2 Å². The van der Waals surface area contributed by atoms with E-state index in [4.69, 9.17) is 31.5 Å². The molecule has 1 aliphatic rings. The Bertz CT molecular complexity index is 1120. The number of carboxylic acids is 2. The first-order valence-corrected chi connectivity index (χ1v) is 11.1. The molecule has 1 amide bonds. The third kappa shape index (κ3) is 5.67. The number of amides is 1. The van der Waals surface area contributed by atoms with Gasteiger partial charge in [0.05, 0.1) is 25.5 Å². The number of hydrogen-bond acceptors (Lipinski definition) is 8. The topological polar surface area (TPSA) is 123 Å². The maximum Gasteiger partial charge on any atom is 0.327 e. The van der Waals surface area contributed by atoms with E-state index in [1.54, 1.807) is 12.1 Å². The summed E-state index contributed by atoms with van der Waals surface area (Å²) in [5, 5.41) is 18.4. The van der Waals surface area contributed by atoms with E-state index in [0.29, 0.717) is 22.8 Å². The SMILES string of the molecule is COc1cc(C=C2SC(=S)N(C(CC(=O)O)C(=O)O)C2=O)cc(OC)c1OCc1ccccc1. The van der Waals surface area contributed by atoms with Crippen molar-refractivity contribution in [2.75, 3.05) is 14.2 Å². The Labute approximate surface area is 204 Å². The maximum absolute atomic E-state index is 12.9. The average Bonchev–Trinajstić information content (AvgIpc) is 3.08. The first-order chi connectivity index (χ1) is 16.2. The molecule has 0 radical (unpaired) electrons. The molecule has 178 valence electrons. The molecule has 9 nitrogen and oxygen atoms in total. The summed E-state index contributed by atoms with van der Waals surface area (Å²) in [4.78, 5) is 36.5. The van der Waals surface area contributed by atoms with Crippen LogP contribution in [0.15, 0.2) is 47.4 Å². The second-order valence-corrected chi connectivity index (χ2v) is 8.71. The highest BCUT2D eigenvalue weighted by molar-refractivity contribution is 8.26. The molecule has 1 saturated heterocycles. The molecule has 0 spiro atoms. The number of carbonyl (C=O) groups excluding carboxylic acids is 1. The van der Waals surface area contributed by atoms with E-state index in [9.17, 15) is 19.5 Å². The smallest absolute Gasteiger partial charge is 0.327 e.